The van der Waals surface area contributed by atoms with Gasteiger partial charge >= 0.3 is 0 Å². The third kappa shape index (κ3) is 3.59. The summed E-state index contributed by atoms with van der Waals surface area (Å²) >= 11 is 0. The first kappa shape index (κ1) is 17.1. The number of ether oxygens (including phenoxy) is 1. The molecule has 136 valence electrons. The van der Waals surface area contributed by atoms with Crippen molar-refractivity contribution in [2.75, 3.05) is 31.9 Å². The monoisotopic (exact) mass is 351 g/mol. The van der Waals surface area contributed by atoms with Gasteiger partial charge in [0.2, 0.25) is 0 Å². The molecule has 2 aromatic rings. The van der Waals surface area contributed by atoms with Gasteiger partial charge in [0, 0.05) is 44.0 Å². The molecule has 2 unspecified atom stereocenters. The second-order valence-corrected chi connectivity index (χ2v) is 7.34. The van der Waals surface area contributed by atoms with E-state index in [1.165, 1.54) is 5.56 Å². The summed E-state index contributed by atoms with van der Waals surface area (Å²) in [6.07, 6.45) is 0.135. The van der Waals surface area contributed by atoms with Crippen molar-refractivity contribution >= 4 is 11.6 Å². The van der Waals surface area contributed by atoms with Crippen LogP contribution in [0.5, 0.6) is 0 Å². The van der Waals surface area contributed by atoms with Crippen molar-refractivity contribution in [3.8, 4) is 0 Å². The van der Waals surface area contributed by atoms with Crippen LogP contribution in [0.25, 0.3) is 0 Å². The molecule has 1 amide bonds. The molecule has 5 heteroatoms. The van der Waals surface area contributed by atoms with E-state index in [1.807, 2.05) is 30.0 Å². The summed E-state index contributed by atoms with van der Waals surface area (Å²) in [5.41, 5.74) is 9.61. The minimum absolute atomic E-state index is 0.0477. The maximum Gasteiger partial charge on any atom is 0.254 e. The standard InChI is InChI=1S/C21H25N3O2/c1-15-7-8-17(9-20(15)22)21(25)24-13-18-11-23(12-19(14-24)26-18)10-16-5-3-2-4-6-16/h2-9,18-19H,10-14,22H2,1H3. The smallest absolute Gasteiger partial charge is 0.254 e. The average molecular weight is 351 g/mol. The Kier molecular flexibility index (Phi) is 4.66. The van der Waals surface area contributed by atoms with Crippen LogP contribution in [0.3, 0.4) is 0 Å². The van der Waals surface area contributed by atoms with Crippen LogP contribution in [0.1, 0.15) is 21.5 Å². The Hall–Kier alpha value is -2.37. The fourth-order valence-corrected chi connectivity index (χ4v) is 3.87. The Morgan fingerprint density at radius 3 is 2.42 bits per heavy atom. The van der Waals surface area contributed by atoms with E-state index < -0.39 is 0 Å². The summed E-state index contributed by atoms with van der Waals surface area (Å²) in [6, 6.07) is 16.1. The zero-order valence-electron chi connectivity index (χ0n) is 15.1. The van der Waals surface area contributed by atoms with Gasteiger partial charge in [-0.2, -0.15) is 0 Å². The summed E-state index contributed by atoms with van der Waals surface area (Å²) in [5.74, 6) is 0.0477. The number of amides is 1. The van der Waals surface area contributed by atoms with Crippen LogP contribution in [0.15, 0.2) is 48.5 Å². The molecule has 2 aromatic carbocycles. The fraction of sp³-hybridized carbons (Fsp3) is 0.381. The molecule has 2 saturated heterocycles. The van der Waals surface area contributed by atoms with E-state index in [2.05, 4.69) is 29.2 Å². The van der Waals surface area contributed by atoms with Crippen LogP contribution in [0.2, 0.25) is 0 Å². The van der Waals surface area contributed by atoms with Crippen LogP contribution in [0.4, 0.5) is 5.69 Å². The van der Waals surface area contributed by atoms with Crippen molar-refractivity contribution in [1.82, 2.24) is 9.80 Å². The number of fused-ring (bicyclic) bond motifs is 2. The SMILES string of the molecule is Cc1ccc(C(=O)N2CC3CN(Cc4ccccc4)CC(C2)O3)cc1N. The van der Waals surface area contributed by atoms with E-state index in [0.717, 1.165) is 25.2 Å². The van der Waals surface area contributed by atoms with Crippen molar-refractivity contribution in [2.45, 2.75) is 25.7 Å². The average Bonchev–Trinajstić information content (AvgIpc) is 2.63. The van der Waals surface area contributed by atoms with Gasteiger partial charge in [0.15, 0.2) is 0 Å². The van der Waals surface area contributed by atoms with Gasteiger partial charge in [-0.15, -0.1) is 0 Å². The Morgan fingerprint density at radius 1 is 1.08 bits per heavy atom. The van der Waals surface area contributed by atoms with E-state index in [0.29, 0.717) is 24.3 Å². The molecule has 2 N–H and O–H groups in total. The summed E-state index contributed by atoms with van der Waals surface area (Å²) in [4.78, 5) is 17.2. The Labute approximate surface area is 154 Å². The van der Waals surface area contributed by atoms with Gasteiger partial charge in [-0.05, 0) is 30.2 Å². The first-order valence-corrected chi connectivity index (χ1v) is 9.15. The molecule has 26 heavy (non-hydrogen) atoms. The highest BCUT2D eigenvalue weighted by atomic mass is 16.5. The molecular weight excluding hydrogens is 326 g/mol. The van der Waals surface area contributed by atoms with Crippen molar-refractivity contribution < 1.29 is 9.53 Å². The van der Waals surface area contributed by atoms with Crippen LogP contribution in [0, 0.1) is 6.92 Å². The molecule has 2 aliphatic heterocycles. The zero-order chi connectivity index (χ0) is 18.1. The lowest BCUT2D eigenvalue weighted by atomic mass is 10.1. The van der Waals surface area contributed by atoms with Gasteiger partial charge in [-0.3, -0.25) is 9.69 Å². The number of nitrogens with zero attached hydrogens (tertiary/aromatic N) is 2. The number of aryl methyl sites for hydroxylation is 1. The third-order valence-electron chi connectivity index (χ3n) is 5.22. The van der Waals surface area contributed by atoms with Gasteiger partial charge < -0.3 is 15.4 Å². The minimum atomic E-state index is 0.0477. The van der Waals surface area contributed by atoms with Gasteiger partial charge in [0.25, 0.3) is 5.91 Å². The minimum Gasteiger partial charge on any atom is -0.398 e. The zero-order valence-corrected chi connectivity index (χ0v) is 15.1. The van der Waals surface area contributed by atoms with E-state index in [1.54, 1.807) is 6.07 Å². The first-order chi connectivity index (χ1) is 12.6. The van der Waals surface area contributed by atoms with Crippen molar-refractivity contribution in [1.29, 1.82) is 0 Å². The molecular formula is C21H25N3O2. The van der Waals surface area contributed by atoms with Crippen LogP contribution < -0.4 is 5.73 Å². The molecule has 2 atom stereocenters. The van der Waals surface area contributed by atoms with Crippen molar-refractivity contribution in [2.24, 2.45) is 0 Å². The summed E-state index contributed by atoms with van der Waals surface area (Å²) < 4.78 is 6.09. The highest BCUT2D eigenvalue weighted by Gasteiger charge is 2.36. The number of nitrogens with two attached hydrogens (primary N) is 1. The van der Waals surface area contributed by atoms with Crippen molar-refractivity contribution in [3.05, 3.63) is 65.2 Å². The quantitative estimate of drug-likeness (QED) is 0.862. The number of anilines is 1. The highest BCUT2D eigenvalue weighted by molar-refractivity contribution is 5.95. The van der Waals surface area contributed by atoms with Gasteiger partial charge in [-0.1, -0.05) is 36.4 Å². The molecule has 0 aromatic heterocycles. The Bertz CT molecular complexity index is 779. The third-order valence-corrected chi connectivity index (χ3v) is 5.22. The number of morpholine rings is 2. The molecule has 0 radical (unpaired) electrons. The van der Waals surface area contributed by atoms with Crippen LogP contribution in [-0.2, 0) is 11.3 Å². The number of carbonyl (C=O) groups is 1. The predicted octanol–water partition coefficient (Wildman–Crippen LogP) is 2.30. The van der Waals surface area contributed by atoms with E-state index in [9.17, 15) is 4.79 Å². The number of hydrogen-bond donors (Lipinski definition) is 1. The first-order valence-electron chi connectivity index (χ1n) is 9.15. The highest BCUT2D eigenvalue weighted by Crippen LogP contribution is 2.23. The Morgan fingerprint density at radius 2 is 1.77 bits per heavy atom. The molecule has 5 nitrogen and oxygen atoms in total. The van der Waals surface area contributed by atoms with Gasteiger partial charge in [0.1, 0.15) is 0 Å². The second kappa shape index (κ2) is 7.09. The number of rotatable bonds is 3. The van der Waals surface area contributed by atoms with Crippen LogP contribution in [-0.4, -0.2) is 54.1 Å². The van der Waals surface area contributed by atoms with E-state index >= 15 is 0 Å². The number of nitrogen functional groups attached to an aromatic ring is 1. The summed E-state index contributed by atoms with van der Waals surface area (Å²) in [6.45, 7) is 5.85. The lowest BCUT2D eigenvalue weighted by Crippen LogP contribution is -2.60. The molecule has 2 bridgehead atoms. The number of hydrogen-bond acceptors (Lipinski definition) is 4. The van der Waals surface area contributed by atoms with Crippen molar-refractivity contribution in [3.63, 3.8) is 0 Å². The summed E-state index contributed by atoms with van der Waals surface area (Å²) in [5, 5.41) is 0. The second-order valence-electron chi connectivity index (χ2n) is 7.34. The predicted molar refractivity (Wildman–Crippen MR) is 102 cm³/mol. The van der Waals surface area contributed by atoms with Crippen LogP contribution >= 0.6 is 0 Å². The number of benzene rings is 2. The van der Waals surface area contributed by atoms with Gasteiger partial charge in [0.05, 0.1) is 12.2 Å². The van der Waals surface area contributed by atoms with E-state index in [-0.39, 0.29) is 18.1 Å². The number of carbonyl (C=O) groups excluding carboxylic acids is 1. The summed E-state index contributed by atoms with van der Waals surface area (Å²) in [7, 11) is 0. The molecule has 4 rings (SSSR count). The molecule has 2 heterocycles. The molecule has 2 fully saturated rings. The molecule has 2 aliphatic rings. The Balaban J connectivity index is 1.41. The molecule has 0 spiro atoms. The normalized spacial score (nSPS) is 23.0. The topological polar surface area (TPSA) is 58.8 Å². The maximum atomic E-state index is 12.9. The lowest BCUT2D eigenvalue weighted by molar-refractivity contribution is -0.131. The van der Waals surface area contributed by atoms with E-state index in [4.69, 9.17) is 10.5 Å². The largest absolute Gasteiger partial charge is 0.398 e. The van der Waals surface area contributed by atoms with Gasteiger partial charge in [-0.25, -0.2) is 0 Å². The molecule has 0 saturated carbocycles. The lowest BCUT2D eigenvalue weighted by Gasteiger charge is -2.45. The molecule has 0 aliphatic carbocycles. The fourth-order valence-electron chi connectivity index (χ4n) is 3.87. The maximum absolute atomic E-state index is 12.9.